The maximum atomic E-state index is 6.07. The summed E-state index contributed by atoms with van der Waals surface area (Å²) in [6, 6.07) is 29.9. The summed E-state index contributed by atoms with van der Waals surface area (Å²) in [6.07, 6.45) is 0.942. The largest absolute Gasteiger partial charge is 0.456 e. The fraction of sp³-hybridized carbons (Fsp3) is 0.0435. The van der Waals surface area contributed by atoms with Gasteiger partial charge in [0.2, 0.25) is 0 Å². The Balaban J connectivity index is 1.70. The monoisotopic (exact) mass is 308 g/mol. The van der Waals surface area contributed by atoms with Crippen LogP contribution < -0.4 is 0 Å². The van der Waals surface area contributed by atoms with Crippen LogP contribution in [0.5, 0.6) is 0 Å². The van der Waals surface area contributed by atoms with Gasteiger partial charge in [-0.05, 0) is 52.6 Å². The second-order valence-electron chi connectivity index (χ2n) is 6.29. The summed E-state index contributed by atoms with van der Waals surface area (Å²) in [4.78, 5) is 0. The zero-order valence-electron chi connectivity index (χ0n) is 13.2. The summed E-state index contributed by atoms with van der Waals surface area (Å²) in [6.45, 7) is 0. The van der Waals surface area contributed by atoms with Crippen molar-refractivity contribution in [3.05, 3.63) is 96.1 Å². The summed E-state index contributed by atoms with van der Waals surface area (Å²) in [5, 5.41) is 4.86. The minimum absolute atomic E-state index is 0.942. The Bertz CT molecular complexity index is 1170. The van der Waals surface area contributed by atoms with Crippen molar-refractivity contribution < 1.29 is 4.42 Å². The van der Waals surface area contributed by atoms with Crippen molar-refractivity contribution in [3.8, 4) is 0 Å². The number of benzene rings is 4. The molecule has 0 radical (unpaired) electrons. The lowest BCUT2D eigenvalue weighted by Gasteiger charge is -2.02. The zero-order valence-corrected chi connectivity index (χ0v) is 13.2. The quantitative estimate of drug-likeness (QED) is 0.371. The predicted octanol–water partition coefficient (Wildman–Crippen LogP) is 6.33. The van der Waals surface area contributed by atoms with E-state index < -0.39 is 0 Å². The van der Waals surface area contributed by atoms with Gasteiger partial charge >= 0.3 is 0 Å². The average molecular weight is 308 g/mol. The first-order chi connectivity index (χ1) is 11.9. The van der Waals surface area contributed by atoms with E-state index in [0.717, 1.165) is 17.6 Å². The maximum Gasteiger partial charge on any atom is 0.136 e. The van der Waals surface area contributed by atoms with Crippen molar-refractivity contribution >= 4 is 32.7 Å². The first kappa shape index (κ1) is 13.4. The molecule has 0 aliphatic rings. The van der Waals surface area contributed by atoms with E-state index in [1.807, 2.05) is 0 Å². The first-order valence-electron chi connectivity index (χ1n) is 8.25. The molecule has 0 atom stereocenters. The standard InChI is InChI=1S/C23H16O/c1-2-6-16(7-3-1)12-17-10-11-22-20(13-17)21-14-18-8-4-5-9-19(18)15-23(21)24-22/h1-11,13-15H,12H2. The normalized spacial score (nSPS) is 11.5. The third-order valence-corrected chi connectivity index (χ3v) is 4.65. The number of hydrogen-bond donors (Lipinski definition) is 0. The summed E-state index contributed by atoms with van der Waals surface area (Å²) < 4.78 is 6.07. The second-order valence-corrected chi connectivity index (χ2v) is 6.29. The molecule has 114 valence electrons. The molecule has 0 fully saturated rings. The molecule has 0 saturated carbocycles. The zero-order chi connectivity index (χ0) is 15.9. The van der Waals surface area contributed by atoms with Gasteiger partial charge in [-0.2, -0.15) is 0 Å². The summed E-state index contributed by atoms with van der Waals surface area (Å²) in [7, 11) is 0. The Labute approximate surface area is 140 Å². The molecule has 0 unspecified atom stereocenters. The van der Waals surface area contributed by atoms with Gasteiger partial charge in [0.15, 0.2) is 0 Å². The molecule has 5 aromatic rings. The van der Waals surface area contributed by atoms with Crippen LogP contribution >= 0.6 is 0 Å². The molecule has 0 spiro atoms. The minimum atomic E-state index is 0.942. The topological polar surface area (TPSA) is 13.1 Å². The Kier molecular flexibility index (Phi) is 2.92. The molecule has 0 saturated heterocycles. The van der Waals surface area contributed by atoms with Crippen LogP contribution in [0.25, 0.3) is 32.7 Å². The van der Waals surface area contributed by atoms with E-state index in [4.69, 9.17) is 4.42 Å². The molecule has 0 bridgehead atoms. The molecule has 1 aromatic heterocycles. The van der Waals surface area contributed by atoms with E-state index in [-0.39, 0.29) is 0 Å². The molecule has 5 rings (SSSR count). The van der Waals surface area contributed by atoms with Crippen LogP contribution in [0.1, 0.15) is 11.1 Å². The van der Waals surface area contributed by atoms with Crippen LogP contribution in [0.15, 0.2) is 89.3 Å². The average Bonchev–Trinajstić information content (AvgIpc) is 2.97. The van der Waals surface area contributed by atoms with E-state index in [1.165, 1.54) is 32.7 Å². The van der Waals surface area contributed by atoms with Crippen molar-refractivity contribution in [1.82, 2.24) is 0 Å². The van der Waals surface area contributed by atoms with E-state index >= 15 is 0 Å². The molecule has 0 N–H and O–H groups in total. The van der Waals surface area contributed by atoms with Crippen molar-refractivity contribution in [2.24, 2.45) is 0 Å². The highest BCUT2D eigenvalue weighted by Gasteiger charge is 2.09. The van der Waals surface area contributed by atoms with E-state index in [9.17, 15) is 0 Å². The highest BCUT2D eigenvalue weighted by molar-refractivity contribution is 6.10. The highest BCUT2D eigenvalue weighted by atomic mass is 16.3. The van der Waals surface area contributed by atoms with Gasteiger partial charge in [0.25, 0.3) is 0 Å². The summed E-state index contributed by atoms with van der Waals surface area (Å²) in [5.41, 5.74) is 4.55. The van der Waals surface area contributed by atoms with Crippen molar-refractivity contribution in [2.75, 3.05) is 0 Å². The number of rotatable bonds is 2. The van der Waals surface area contributed by atoms with Gasteiger partial charge in [0, 0.05) is 10.8 Å². The minimum Gasteiger partial charge on any atom is -0.456 e. The molecule has 1 nitrogen and oxygen atoms in total. The number of fused-ring (bicyclic) bond motifs is 4. The van der Waals surface area contributed by atoms with E-state index in [1.54, 1.807) is 0 Å². The van der Waals surface area contributed by atoms with Gasteiger partial charge in [0.1, 0.15) is 11.2 Å². The van der Waals surface area contributed by atoms with Crippen molar-refractivity contribution in [3.63, 3.8) is 0 Å². The van der Waals surface area contributed by atoms with Crippen LogP contribution in [0.4, 0.5) is 0 Å². The van der Waals surface area contributed by atoms with Gasteiger partial charge in [-0.15, -0.1) is 0 Å². The third-order valence-electron chi connectivity index (χ3n) is 4.65. The van der Waals surface area contributed by atoms with Crippen molar-refractivity contribution in [1.29, 1.82) is 0 Å². The molecule has 24 heavy (non-hydrogen) atoms. The lowest BCUT2D eigenvalue weighted by molar-refractivity contribution is 0.669. The lowest BCUT2D eigenvalue weighted by Crippen LogP contribution is -1.86. The summed E-state index contributed by atoms with van der Waals surface area (Å²) in [5.74, 6) is 0. The second kappa shape index (κ2) is 5.24. The lowest BCUT2D eigenvalue weighted by atomic mass is 10.0. The fourth-order valence-corrected chi connectivity index (χ4v) is 3.45. The van der Waals surface area contributed by atoms with Crippen LogP contribution in [0.2, 0.25) is 0 Å². The van der Waals surface area contributed by atoms with E-state index in [2.05, 4.69) is 84.9 Å². The van der Waals surface area contributed by atoms with Crippen LogP contribution in [-0.4, -0.2) is 0 Å². The maximum absolute atomic E-state index is 6.07. The van der Waals surface area contributed by atoms with Gasteiger partial charge in [0.05, 0.1) is 0 Å². The van der Waals surface area contributed by atoms with Gasteiger partial charge in [-0.3, -0.25) is 0 Å². The van der Waals surface area contributed by atoms with Crippen LogP contribution in [-0.2, 0) is 6.42 Å². The molecule has 0 aliphatic carbocycles. The Morgan fingerprint density at radius 3 is 2.08 bits per heavy atom. The Hall–Kier alpha value is -3.06. The molecule has 0 amide bonds. The Morgan fingerprint density at radius 1 is 0.542 bits per heavy atom. The first-order valence-corrected chi connectivity index (χ1v) is 8.25. The summed E-state index contributed by atoms with van der Waals surface area (Å²) >= 11 is 0. The van der Waals surface area contributed by atoms with Crippen LogP contribution in [0.3, 0.4) is 0 Å². The smallest absolute Gasteiger partial charge is 0.136 e. The van der Waals surface area contributed by atoms with Gasteiger partial charge in [-0.1, -0.05) is 60.7 Å². The van der Waals surface area contributed by atoms with Gasteiger partial charge < -0.3 is 4.42 Å². The van der Waals surface area contributed by atoms with Crippen LogP contribution in [0, 0.1) is 0 Å². The fourth-order valence-electron chi connectivity index (χ4n) is 3.45. The number of hydrogen-bond acceptors (Lipinski definition) is 1. The van der Waals surface area contributed by atoms with Gasteiger partial charge in [-0.25, -0.2) is 0 Å². The molecule has 0 aliphatic heterocycles. The SMILES string of the molecule is c1ccc(Cc2ccc3oc4cc5ccccc5cc4c3c2)cc1. The third kappa shape index (κ3) is 2.17. The molecule has 4 aromatic carbocycles. The Morgan fingerprint density at radius 2 is 1.25 bits per heavy atom. The van der Waals surface area contributed by atoms with E-state index in [0.29, 0.717) is 0 Å². The molecular formula is C23H16O. The molecule has 1 heterocycles. The highest BCUT2D eigenvalue weighted by Crippen LogP contribution is 2.33. The molecular weight excluding hydrogens is 292 g/mol. The van der Waals surface area contributed by atoms with Crippen molar-refractivity contribution in [2.45, 2.75) is 6.42 Å². The predicted molar refractivity (Wildman–Crippen MR) is 100 cm³/mol. The number of furan rings is 1. The molecule has 1 heteroatoms.